The predicted octanol–water partition coefficient (Wildman–Crippen LogP) is 2.27. The van der Waals surface area contributed by atoms with Gasteiger partial charge in [-0.3, -0.25) is 9.59 Å². The minimum Gasteiger partial charge on any atom is -0.496 e. The Hall–Kier alpha value is -1.55. The van der Waals surface area contributed by atoms with Crippen molar-refractivity contribution in [3.63, 3.8) is 0 Å². The molecule has 0 amide bonds. The molecule has 0 N–H and O–H groups in total. The molecule has 2 rings (SSSR count). The topological polar surface area (TPSA) is 52.6 Å². The number of benzene rings is 1. The number of carbonyl (C=O) groups excluding carboxylic acids is 2. The van der Waals surface area contributed by atoms with E-state index < -0.39 is 5.92 Å². The van der Waals surface area contributed by atoms with Gasteiger partial charge in [0.05, 0.1) is 25.7 Å². The molecule has 0 bridgehead atoms. The van der Waals surface area contributed by atoms with Crippen molar-refractivity contribution in [2.24, 2.45) is 5.92 Å². The number of rotatable bonds is 2. The van der Waals surface area contributed by atoms with Crippen LogP contribution in [0, 0.1) is 5.92 Å². The van der Waals surface area contributed by atoms with Gasteiger partial charge in [-0.15, -0.1) is 0 Å². The maximum Gasteiger partial charge on any atom is 0.309 e. The summed E-state index contributed by atoms with van der Waals surface area (Å²) in [7, 11) is 2.82. The lowest BCUT2D eigenvalue weighted by Crippen LogP contribution is -2.28. The first-order chi connectivity index (χ1) is 8.58. The highest BCUT2D eigenvalue weighted by Gasteiger charge is 2.33. The standard InChI is InChI=1S/C13H13ClO4/c1-17-11-4-3-9(14)8-5-7(13(16)18-2)6-10(15)12(8)11/h3-4,7H,5-6H2,1-2H3/t7-/m1/s1. The molecule has 96 valence electrons. The van der Waals surface area contributed by atoms with Gasteiger partial charge in [-0.1, -0.05) is 11.6 Å². The second-order valence-electron chi connectivity index (χ2n) is 4.15. The first-order valence-corrected chi connectivity index (χ1v) is 5.92. The van der Waals surface area contributed by atoms with E-state index in [9.17, 15) is 9.59 Å². The van der Waals surface area contributed by atoms with Crippen molar-refractivity contribution in [1.29, 1.82) is 0 Å². The van der Waals surface area contributed by atoms with E-state index in [1.54, 1.807) is 12.1 Å². The Bertz CT molecular complexity index is 510. The zero-order valence-corrected chi connectivity index (χ0v) is 10.9. The van der Waals surface area contributed by atoms with Crippen LogP contribution < -0.4 is 4.74 Å². The van der Waals surface area contributed by atoms with Crippen LogP contribution in [0.2, 0.25) is 5.02 Å². The van der Waals surface area contributed by atoms with Gasteiger partial charge in [-0.2, -0.15) is 0 Å². The first-order valence-electron chi connectivity index (χ1n) is 5.54. The van der Waals surface area contributed by atoms with Crippen molar-refractivity contribution >= 4 is 23.4 Å². The molecule has 0 aromatic heterocycles. The molecule has 0 fully saturated rings. The maximum atomic E-state index is 12.1. The smallest absolute Gasteiger partial charge is 0.309 e. The highest BCUT2D eigenvalue weighted by molar-refractivity contribution is 6.32. The Labute approximate surface area is 110 Å². The van der Waals surface area contributed by atoms with Crippen molar-refractivity contribution < 1.29 is 19.1 Å². The highest BCUT2D eigenvalue weighted by atomic mass is 35.5. The molecule has 4 nitrogen and oxygen atoms in total. The zero-order valence-electron chi connectivity index (χ0n) is 10.2. The first kappa shape index (κ1) is 12.9. The van der Waals surface area contributed by atoms with Crippen LogP contribution in [0.4, 0.5) is 0 Å². The Morgan fingerprint density at radius 1 is 1.33 bits per heavy atom. The number of fused-ring (bicyclic) bond motifs is 1. The molecule has 0 saturated carbocycles. The summed E-state index contributed by atoms with van der Waals surface area (Å²) in [5, 5.41) is 0.479. The number of Topliss-reactive ketones (excluding diaryl/α,β-unsaturated/α-hetero) is 1. The number of ether oxygens (including phenoxy) is 2. The van der Waals surface area contributed by atoms with Gasteiger partial charge in [-0.25, -0.2) is 0 Å². The van der Waals surface area contributed by atoms with Gasteiger partial charge in [0.25, 0.3) is 0 Å². The fraction of sp³-hybridized carbons (Fsp3) is 0.385. The molecule has 0 radical (unpaired) electrons. The number of carbonyl (C=O) groups is 2. The lowest BCUT2D eigenvalue weighted by atomic mass is 9.82. The fourth-order valence-corrected chi connectivity index (χ4v) is 2.49. The van der Waals surface area contributed by atoms with E-state index in [2.05, 4.69) is 4.74 Å². The Kier molecular flexibility index (Phi) is 3.57. The Morgan fingerprint density at radius 3 is 2.67 bits per heavy atom. The van der Waals surface area contributed by atoms with E-state index in [0.29, 0.717) is 28.3 Å². The maximum absolute atomic E-state index is 12.1. The summed E-state index contributed by atoms with van der Waals surface area (Å²) in [6.45, 7) is 0. The third-order valence-corrected chi connectivity index (χ3v) is 3.49. The molecule has 0 saturated heterocycles. The van der Waals surface area contributed by atoms with E-state index >= 15 is 0 Å². The zero-order chi connectivity index (χ0) is 13.3. The van der Waals surface area contributed by atoms with Gasteiger partial charge in [0.1, 0.15) is 5.75 Å². The third kappa shape index (κ3) is 2.08. The van der Waals surface area contributed by atoms with E-state index in [0.717, 1.165) is 0 Å². The molecule has 18 heavy (non-hydrogen) atoms. The van der Waals surface area contributed by atoms with E-state index in [4.69, 9.17) is 16.3 Å². The number of hydrogen-bond acceptors (Lipinski definition) is 4. The molecule has 5 heteroatoms. The lowest BCUT2D eigenvalue weighted by Gasteiger charge is -2.24. The molecule has 1 atom stereocenters. The van der Waals surface area contributed by atoms with Crippen molar-refractivity contribution in [1.82, 2.24) is 0 Å². The molecule has 0 spiro atoms. The van der Waals surface area contributed by atoms with Crippen LogP contribution in [0.1, 0.15) is 22.3 Å². The average Bonchev–Trinajstić information content (AvgIpc) is 2.38. The summed E-state index contributed by atoms with van der Waals surface area (Å²) in [5.41, 5.74) is 1.16. The minimum absolute atomic E-state index is 0.133. The van der Waals surface area contributed by atoms with Gasteiger partial charge in [0.2, 0.25) is 0 Å². The summed E-state index contributed by atoms with van der Waals surface area (Å²) in [4.78, 5) is 23.6. The number of esters is 1. The molecule has 1 aromatic carbocycles. The van der Waals surface area contributed by atoms with Crippen molar-refractivity contribution in [3.8, 4) is 5.75 Å². The quantitative estimate of drug-likeness (QED) is 0.772. The number of hydrogen-bond donors (Lipinski definition) is 0. The lowest BCUT2D eigenvalue weighted by molar-refractivity contribution is -0.145. The normalized spacial score (nSPS) is 18.2. The molecular weight excluding hydrogens is 256 g/mol. The molecule has 1 aliphatic rings. The van der Waals surface area contributed by atoms with Crippen LogP contribution in [0.5, 0.6) is 5.75 Å². The van der Waals surface area contributed by atoms with Crippen LogP contribution in [0.15, 0.2) is 12.1 Å². The van der Waals surface area contributed by atoms with Gasteiger partial charge in [0.15, 0.2) is 5.78 Å². The summed E-state index contributed by atoms with van der Waals surface area (Å²) in [6, 6.07) is 3.34. The number of methoxy groups -OCH3 is 2. The predicted molar refractivity (Wildman–Crippen MR) is 66.2 cm³/mol. The Balaban J connectivity index is 2.47. The minimum atomic E-state index is -0.459. The SMILES string of the molecule is COC(=O)[C@H]1CC(=O)c2c(OC)ccc(Cl)c2C1. The monoisotopic (exact) mass is 268 g/mol. The van der Waals surface area contributed by atoms with Crippen molar-refractivity contribution in [2.75, 3.05) is 14.2 Å². The number of halogens is 1. The van der Waals surface area contributed by atoms with Gasteiger partial charge in [0, 0.05) is 11.4 Å². The molecule has 0 unspecified atom stereocenters. The van der Waals surface area contributed by atoms with Gasteiger partial charge >= 0.3 is 5.97 Å². The van der Waals surface area contributed by atoms with Crippen LogP contribution in [-0.4, -0.2) is 26.0 Å². The third-order valence-electron chi connectivity index (χ3n) is 3.13. The van der Waals surface area contributed by atoms with Crippen molar-refractivity contribution in [3.05, 3.63) is 28.3 Å². The molecule has 0 heterocycles. The number of ketones is 1. The molecule has 1 aromatic rings. The second-order valence-corrected chi connectivity index (χ2v) is 4.56. The average molecular weight is 269 g/mol. The molecular formula is C13H13ClO4. The summed E-state index contributed by atoms with van der Waals surface area (Å²) in [5.74, 6) is -0.471. The second kappa shape index (κ2) is 4.98. The van der Waals surface area contributed by atoms with Gasteiger partial charge in [-0.05, 0) is 24.1 Å². The van der Waals surface area contributed by atoms with Crippen LogP contribution >= 0.6 is 11.6 Å². The molecule has 1 aliphatic carbocycles. The molecule has 0 aliphatic heterocycles. The summed E-state index contributed by atoms with van der Waals surface area (Å²) >= 11 is 6.09. The Morgan fingerprint density at radius 2 is 2.06 bits per heavy atom. The van der Waals surface area contributed by atoms with Crippen LogP contribution in [0.3, 0.4) is 0 Å². The largest absolute Gasteiger partial charge is 0.496 e. The summed E-state index contributed by atoms with van der Waals surface area (Å²) in [6.07, 6.45) is 0.542. The van der Waals surface area contributed by atoms with Crippen LogP contribution in [-0.2, 0) is 16.0 Å². The fourth-order valence-electron chi connectivity index (χ4n) is 2.25. The van der Waals surface area contributed by atoms with Gasteiger partial charge < -0.3 is 9.47 Å². The van der Waals surface area contributed by atoms with E-state index in [-0.39, 0.29) is 18.2 Å². The summed E-state index contributed by atoms with van der Waals surface area (Å²) < 4.78 is 9.85. The highest BCUT2D eigenvalue weighted by Crippen LogP contribution is 2.36. The van der Waals surface area contributed by atoms with E-state index in [1.807, 2.05) is 0 Å². The van der Waals surface area contributed by atoms with Crippen LogP contribution in [0.25, 0.3) is 0 Å². The van der Waals surface area contributed by atoms with E-state index in [1.165, 1.54) is 14.2 Å². The van der Waals surface area contributed by atoms with Crippen molar-refractivity contribution in [2.45, 2.75) is 12.8 Å².